The first kappa shape index (κ1) is 16.4. The van der Waals surface area contributed by atoms with Crippen LogP contribution in [0.3, 0.4) is 0 Å². The fourth-order valence-corrected chi connectivity index (χ4v) is 1.49. The summed E-state index contributed by atoms with van der Waals surface area (Å²) in [5.41, 5.74) is 4.93. The van der Waals surface area contributed by atoms with Crippen molar-refractivity contribution in [1.29, 1.82) is 0 Å². The van der Waals surface area contributed by atoms with Gasteiger partial charge in [-0.15, -0.1) is 24.8 Å². The normalized spacial score (nSPS) is 17.0. The molecule has 1 aliphatic carbocycles. The molecule has 0 saturated heterocycles. The highest BCUT2D eigenvalue weighted by atomic mass is 35.5. The molecule has 4 nitrogen and oxygen atoms in total. The minimum atomic E-state index is -0.409. The predicted molar refractivity (Wildman–Crippen MR) is 60.2 cm³/mol. The summed E-state index contributed by atoms with van der Waals surface area (Å²) in [7, 11) is 1.42. The molecule has 0 aromatic heterocycles. The summed E-state index contributed by atoms with van der Waals surface area (Å²) < 4.78 is 4.71. The molecule has 0 amide bonds. The van der Waals surface area contributed by atoms with Crippen molar-refractivity contribution < 1.29 is 9.53 Å². The van der Waals surface area contributed by atoms with Gasteiger partial charge in [0.25, 0.3) is 0 Å². The third-order valence-corrected chi connectivity index (χ3v) is 2.39. The number of hydrogen-bond acceptors (Lipinski definition) is 4. The maximum atomic E-state index is 11.3. The number of methoxy groups -OCH3 is 1. The molecule has 0 unspecified atom stereocenters. The van der Waals surface area contributed by atoms with Crippen molar-refractivity contribution in [1.82, 2.24) is 5.32 Å². The number of carbonyl (C=O) groups is 1. The average molecular weight is 245 g/mol. The minimum Gasteiger partial charge on any atom is -0.468 e. The Balaban J connectivity index is 0. The van der Waals surface area contributed by atoms with Gasteiger partial charge < -0.3 is 15.8 Å². The lowest BCUT2D eigenvalue weighted by molar-refractivity contribution is -0.152. The maximum absolute atomic E-state index is 11.3. The minimum absolute atomic E-state index is 0. The van der Waals surface area contributed by atoms with Crippen LogP contribution in [0.4, 0.5) is 0 Å². The molecular formula is C8H18Cl2N2O2. The lowest BCUT2D eigenvalue weighted by Gasteiger charge is -2.39. The van der Waals surface area contributed by atoms with E-state index in [1.165, 1.54) is 7.11 Å². The van der Waals surface area contributed by atoms with Crippen LogP contribution >= 0.6 is 24.8 Å². The van der Waals surface area contributed by atoms with Crippen LogP contribution < -0.4 is 11.1 Å². The Kier molecular flexibility index (Phi) is 8.54. The lowest BCUT2D eigenvalue weighted by Crippen LogP contribution is -2.58. The van der Waals surface area contributed by atoms with E-state index in [1.54, 1.807) is 0 Å². The van der Waals surface area contributed by atoms with Crippen LogP contribution in [-0.4, -0.2) is 31.7 Å². The topological polar surface area (TPSA) is 64.3 Å². The fraction of sp³-hybridized carbons (Fsp3) is 0.875. The highest BCUT2D eigenvalue weighted by Gasteiger charge is 2.44. The van der Waals surface area contributed by atoms with Crippen LogP contribution in [0.15, 0.2) is 0 Å². The summed E-state index contributed by atoms with van der Waals surface area (Å²) in [5, 5.41) is 3.13. The lowest BCUT2D eigenvalue weighted by atomic mass is 9.77. The van der Waals surface area contributed by atoms with E-state index in [1.807, 2.05) is 0 Å². The maximum Gasteiger partial charge on any atom is 0.326 e. The molecule has 0 radical (unpaired) electrons. The summed E-state index contributed by atoms with van der Waals surface area (Å²) >= 11 is 0. The van der Waals surface area contributed by atoms with Crippen LogP contribution in [0.2, 0.25) is 0 Å². The van der Waals surface area contributed by atoms with E-state index in [2.05, 4.69) is 5.32 Å². The van der Waals surface area contributed by atoms with E-state index in [0.29, 0.717) is 13.1 Å². The second-order valence-electron chi connectivity index (χ2n) is 3.14. The van der Waals surface area contributed by atoms with E-state index in [0.717, 1.165) is 19.3 Å². The number of halogens is 2. The first-order valence-electron chi connectivity index (χ1n) is 4.29. The molecule has 14 heavy (non-hydrogen) atoms. The zero-order chi connectivity index (χ0) is 9.03. The monoisotopic (exact) mass is 244 g/mol. The van der Waals surface area contributed by atoms with Crippen molar-refractivity contribution in [3.63, 3.8) is 0 Å². The van der Waals surface area contributed by atoms with Gasteiger partial charge in [0.15, 0.2) is 0 Å². The molecule has 86 valence electrons. The number of carbonyl (C=O) groups excluding carboxylic acids is 1. The van der Waals surface area contributed by atoms with Crippen LogP contribution in [0, 0.1) is 0 Å². The van der Waals surface area contributed by atoms with Crippen LogP contribution in [0.1, 0.15) is 19.3 Å². The Bertz CT molecular complexity index is 175. The third kappa shape index (κ3) is 3.28. The predicted octanol–water partition coefficient (Wildman–Crippen LogP) is 0.474. The number of nitrogens with one attached hydrogen (secondary N) is 1. The van der Waals surface area contributed by atoms with Gasteiger partial charge in [-0.05, 0) is 19.3 Å². The zero-order valence-corrected chi connectivity index (χ0v) is 9.88. The molecule has 1 rings (SSSR count). The first-order chi connectivity index (χ1) is 5.75. The summed E-state index contributed by atoms with van der Waals surface area (Å²) in [6.07, 6.45) is 2.84. The van der Waals surface area contributed by atoms with Gasteiger partial charge in [0, 0.05) is 13.1 Å². The van der Waals surface area contributed by atoms with Crippen molar-refractivity contribution >= 4 is 30.8 Å². The van der Waals surface area contributed by atoms with E-state index in [4.69, 9.17) is 10.5 Å². The number of nitrogens with two attached hydrogens (primary N) is 1. The van der Waals surface area contributed by atoms with Crippen molar-refractivity contribution in [3.8, 4) is 0 Å². The van der Waals surface area contributed by atoms with Crippen molar-refractivity contribution in [2.24, 2.45) is 5.73 Å². The van der Waals surface area contributed by atoms with Crippen molar-refractivity contribution in [2.45, 2.75) is 24.8 Å². The molecular weight excluding hydrogens is 227 g/mol. The number of hydrogen-bond donors (Lipinski definition) is 2. The van der Waals surface area contributed by atoms with Gasteiger partial charge in [-0.1, -0.05) is 0 Å². The molecule has 0 spiro atoms. The molecule has 1 fully saturated rings. The Morgan fingerprint density at radius 1 is 1.50 bits per heavy atom. The van der Waals surface area contributed by atoms with E-state index in [-0.39, 0.29) is 30.8 Å². The molecule has 0 aromatic carbocycles. The average Bonchev–Trinajstić information content (AvgIpc) is 2.02. The van der Waals surface area contributed by atoms with E-state index < -0.39 is 5.54 Å². The van der Waals surface area contributed by atoms with Gasteiger partial charge in [0.1, 0.15) is 5.54 Å². The molecule has 0 aliphatic heterocycles. The molecule has 0 heterocycles. The summed E-state index contributed by atoms with van der Waals surface area (Å²) in [6.45, 7) is 1.23. The first-order valence-corrected chi connectivity index (χ1v) is 4.29. The van der Waals surface area contributed by atoms with Gasteiger partial charge in [0.05, 0.1) is 7.11 Å². The Labute approximate surface area is 96.8 Å². The van der Waals surface area contributed by atoms with E-state index in [9.17, 15) is 4.79 Å². The van der Waals surface area contributed by atoms with Gasteiger partial charge >= 0.3 is 5.97 Å². The molecule has 6 heteroatoms. The molecule has 1 saturated carbocycles. The largest absolute Gasteiger partial charge is 0.468 e. The SMILES string of the molecule is COC(=O)C1(NCCN)CCC1.Cl.Cl. The van der Waals surface area contributed by atoms with Gasteiger partial charge in [0.2, 0.25) is 0 Å². The van der Waals surface area contributed by atoms with E-state index >= 15 is 0 Å². The molecule has 1 aliphatic rings. The van der Waals surface area contributed by atoms with Gasteiger partial charge in [-0.2, -0.15) is 0 Å². The van der Waals surface area contributed by atoms with Crippen LogP contribution in [0.5, 0.6) is 0 Å². The Morgan fingerprint density at radius 3 is 2.36 bits per heavy atom. The molecule has 3 N–H and O–H groups in total. The Morgan fingerprint density at radius 2 is 2.07 bits per heavy atom. The quantitative estimate of drug-likeness (QED) is 0.707. The highest BCUT2D eigenvalue weighted by Crippen LogP contribution is 2.32. The summed E-state index contributed by atoms with van der Waals surface area (Å²) in [6, 6.07) is 0. The van der Waals surface area contributed by atoms with Gasteiger partial charge in [-0.25, -0.2) is 0 Å². The zero-order valence-electron chi connectivity index (χ0n) is 8.25. The van der Waals surface area contributed by atoms with Crippen molar-refractivity contribution in [2.75, 3.05) is 20.2 Å². The second-order valence-corrected chi connectivity index (χ2v) is 3.14. The fourth-order valence-electron chi connectivity index (χ4n) is 1.49. The highest BCUT2D eigenvalue weighted by molar-refractivity contribution is 5.85. The van der Waals surface area contributed by atoms with Crippen LogP contribution in [-0.2, 0) is 9.53 Å². The number of ether oxygens (including phenoxy) is 1. The second kappa shape index (κ2) is 7.29. The standard InChI is InChI=1S/C8H16N2O2.2ClH/c1-12-7(11)8(3-2-4-8)10-6-5-9;;/h10H,2-6,9H2,1H3;2*1H. The Hall–Kier alpha value is -0.0300. The molecule has 0 aromatic rings. The number of esters is 1. The third-order valence-electron chi connectivity index (χ3n) is 2.39. The molecule has 0 bridgehead atoms. The smallest absolute Gasteiger partial charge is 0.326 e. The summed E-state index contributed by atoms with van der Waals surface area (Å²) in [4.78, 5) is 11.3. The number of rotatable bonds is 4. The molecule has 0 atom stereocenters. The van der Waals surface area contributed by atoms with Crippen LogP contribution in [0.25, 0.3) is 0 Å². The summed E-state index contributed by atoms with van der Waals surface area (Å²) in [5.74, 6) is -0.151. The van der Waals surface area contributed by atoms with Crippen molar-refractivity contribution in [3.05, 3.63) is 0 Å². The van der Waals surface area contributed by atoms with Gasteiger partial charge in [-0.3, -0.25) is 4.79 Å².